The zero-order valence-corrected chi connectivity index (χ0v) is 19.4. The van der Waals surface area contributed by atoms with Gasteiger partial charge in [-0.05, 0) is 86.5 Å². The van der Waals surface area contributed by atoms with Crippen molar-refractivity contribution in [2.45, 2.75) is 77.7 Å². The van der Waals surface area contributed by atoms with Crippen LogP contribution in [0.5, 0.6) is 0 Å². The maximum Gasteiger partial charge on any atom is 0.141 e. The molecule has 5 fully saturated rings. The molecule has 6 heteroatoms. The van der Waals surface area contributed by atoms with Crippen LogP contribution in [0.25, 0.3) is 0 Å². The van der Waals surface area contributed by atoms with Crippen LogP contribution >= 0.6 is 12.4 Å². The molecular weight excluding hydrogens is 400 g/mol. The quantitative estimate of drug-likeness (QED) is 0.654. The van der Waals surface area contributed by atoms with Crippen molar-refractivity contribution in [2.75, 3.05) is 19.7 Å². The van der Waals surface area contributed by atoms with Gasteiger partial charge < -0.3 is 15.3 Å². The molecule has 170 valence electrons. The van der Waals surface area contributed by atoms with Crippen LogP contribution in [0.2, 0.25) is 0 Å². The van der Waals surface area contributed by atoms with E-state index in [1.54, 1.807) is 0 Å². The number of oxime groups is 1. The maximum atomic E-state index is 12.7. The Morgan fingerprint density at radius 2 is 1.97 bits per heavy atom. The number of aliphatic hydroxyl groups excluding tert-OH is 1. The van der Waals surface area contributed by atoms with Crippen LogP contribution in [-0.4, -0.2) is 42.4 Å². The summed E-state index contributed by atoms with van der Waals surface area (Å²) in [5, 5.41) is 18.3. The molecule has 5 aliphatic rings. The van der Waals surface area contributed by atoms with Crippen LogP contribution in [0.1, 0.15) is 71.6 Å². The van der Waals surface area contributed by atoms with Gasteiger partial charge in [-0.25, -0.2) is 0 Å². The minimum atomic E-state index is -0.0885. The Hall–Kier alpha value is -0.650. The van der Waals surface area contributed by atoms with Crippen molar-refractivity contribution in [3.63, 3.8) is 0 Å². The van der Waals surface area contributed by atoms with E-state index in [0.29, 0.717) is 35.4 Å². The van der Waals surface area contributed by atoms with Crippen LogP contribution in [0.3, 0.4) is 0 Å². The van der Waals surface area contributed by atoms with E-state index in [1.165, 1.54) is 12.1 Å². The highest BCUT2D eigenvalue weighted by molar-refractivity contribution is 5.87. The van der Waals surface area contributed by atoms with Crippen LogP contribution in [-0.2, 0) is 9.63 Å². The first-order valence-electron chi connectivity index (χ1n) is 12.0. The fourth-order valence-electron chi connectivity index (χ4n) is 8.23. The van der Waals surface area contributed by atoms with Crippen LogP contribution in [0, 0.1) is 40.4 Å². The molecule has 0 amide bonds. The van der Waals surface area contributed by atoms with Crippen LogP contribution in [0.15, 0.2) is 5.16 Å². The van der Waals surface area contributed by atoms with E-state index in [0.717, 1.165) is 64.5 Å². The molecule has 0 aromatic rings. The molecule has 4 saturated carbocycles. The fraction of sp³-hybridized carbons (Fsp3) is 0.917. The number of aliphatic hydroxyl groups is 1. The molecule has 2 N–H and O–H groups in total. The van der Waals surface area contributed by atoms with Crippen molar-refractivity contribution in [1.82, 2.24) is 5.32 Å². The van der Waals surface area contributed by atoms with E-state index in [-0.39, 0.29) is 35.9 Å². The number of hydrogen-bond acceptors (Lipinski definition) is 5. The lowest BCUT2D eigenvalue weighted by Crippen LogP contribution is -2.57. The number of carbonyl (C=O) groups excluding carboxylic acids is 1. The number of hydrogen-bond donors (Lipinski definition) is 2. The van der Waals surface area contributed by atoms with Gasteiger partial charge in [-0.15, -0.1) is 12.4 Å². The van der Waals surface area contributed by atoms with E-state index < -0.39 is 0 Å². The number of nitrogens with zero attached hydrogens (tertiary/aromatic N) is 1. The molecule has 1 unspecified atom stereocenters. The van der Waals surface area contributed by atoms with Crippen LogP contribution < -0.4 is 5.32 Å². The van der Waals surface area contributed by atoms with E-state index in [2.05, 4.69) is 24.3 Å². The van der Waals surface area contributed by atoms with Gasteiger partial charge in [-0.3, -0.25) is 4.79 Å². The Morgan fingerprint density at radius 1 is 1.13 bits per heavy atom. The lowest BCUT2D eigenvalue weighted by molar-refractivity contribution is -0.145. The van der Waals surface area contributed by atoms with Crippen molar-refractivity contribution >= 4 is 23.9 Å². The number of carbonyl (C=O) groups is 1. The predicted molar refractivity (Wildman–Crippen MR) is 120 cm³/mol. The number of halogens is 1. The van der Waals surface area contributed by atoms with E-state index in [4.69, 9.17) is 4.84 Å². The highest BCUT2D eigenvalue weighted by Gasteiger charge is 2.61. The van der Waals surface area contributed by atoms with Gasteiger partial charge in [0.25, 0.3) is 0 Å². The summed E-state index contributed by atoms with van der Waals surface area (Å²) in [5.41, 5.74) is 1.37. The molecule has 5 rings (SSSR count). The topological polar surface area (TPSA) is 70.9 Å². The highest BCUT2D eigenvalue weighted by atomic mass is 35.5. The normalized spacial score (nSPS) is 49.2. The highest BCUT2D eigenvalue weighted by Crippen LogP contribution is 2.66. The number of ketones is 1. The third-order valence-corrected chi connectivity index (χ3v) is 9.97. The second kappa shape index (κ2) is 8.37. The second-order valence-electron chi connectivity index (χ2n) is 11.2. The average molecular weight is 439 g/mol. The molecule has 1 heterocycles. The van der Waals surface area contributed by atoms with E-state index in [1.807, 2.05) is 0 Å². The zero-order valence-electron chi connectivity index (χ0n) is 18.6. The Bertz CT molecular complexity index is 694. The smallest absolute Gasteiger partial charge is 0.141 e. The third-order valence-electron chi connectivity index (χ3n) is 9.97. The van der Waals surface area contributed by atoms with Gasteiger partial charge in [-0.2, -0.15) is 0 Å². The van der Waals surface area contributed by atoms with Gasteiger partial charge in [0.05, 0.1) is 5.71 Å². The van der Waals surface area contributed by atoms with Gasteiger partial charge in [0, 0.05) is 31.4 Å². The summed E-state index contributed by atoms with van der Waals surface area (Å²) in [6.07, 6.45) is 9.61. The molecule has 8 atom stereocenters. The molecule has 0 aromatic carbocycles. The minimum absolute atomic E-state index is 0. The van der Waals surface area contributed by atoms with Crippen molar-refractivity contribution < 1.29 is 14.7 Å². The van der Waals surface area contributed by atoms with Crippen molar-refractivity contribution in [2.24, 2.45) is 45.6 Å². The summed E-state index contributed by atoms with van der Waals surface area (Å²) in [4.78, 5) is 18.5. The van der Waals surface area contributed by atoms with Gasteiger partial charge in [0.2, 0.25) is 0 Å². The van der Waals surface area contributed by atoms with Gasteiger partial charge in [0.1, 0.15) is 11.9 Å². The molecular formula is C24H39ClN2O3. The summed E-state index contributed by atoms with van der Waals surface area (Å²) in [6, 6.07) is 0. The molecule has 5 nitrogen and oxygen atoms in total. The first kappa shape index (κ1) is 22.5. The Kier molecular flexibility index (Phi) is 6.29. The number of Topliss-reactive ketones (excluding diaryl/α,β-unsaturated/α-hetero) is 1. The lowest BCUT2D eigenvalue weighted by Gasteiger charge is -2.61. The minimum Gasteiger partial charge on any atom is -0.396 e. The van der Waals surface area contributed by atoms with Crippen molar-refractivity contribution in [3.05, 3.63) is 0 Å². The average Bonchev–Trinajstić information content (AvgIpc) is 3.34. The summed E-state index contributed by atoms with van der Waals surface area (Å²) >= 11 is 0. The summed E-state index contributed by atoms with van der Waals surface area (Å²) in [7, 11) is 0. The molecule has 1 aliphatic heterocycles. The zero-order chi connectivity index (χ0) is 20.2. The largest absolute Gasteiger partial charge is 0.396 e. The predicted octanol–water partition coefficient (Wildman–Crippen LogP) is 3.97. The summed E-state index contributed by atoms with van der Waals surface area (Å²) < 4.78 is 0. The Morgan fingerprint density at radius 3 is 2.70 bits per heavy atom. The molecule has 30 heavy (non-hydrogen) atoms. The van der Waals surface area contributed by atoms with E-state index in [9.17, 15) is 9.90 Å². The number of nitrogens with one attached hydrogen (secondary N) is 1. The molecule has 1 saturated heterocycles. The standard InChI is InChI=1S/C24H38N2O3.ClH/c1-23-8-5-16(26-29-17-7-10-25-13-17)12-21(23)15(14-27)11-18-19-3-4-22(28)24(19,2)9-6-20(18)23;/h15,17-21,25,27H,3-14H2,1-2H3;1H/t15-,17-,18+,19+,20+,21?,23-,24+;/m1./s1. The Balaban J connectivity index is 0.00000218. The summed E-state index contributed by atoms with van der Waals surface area (Å²) in [5.74, 6) is 3.17. The number of fused-ring (bicyclic) bond motifs is 5. The molecule has 0 radical (unpaired) electrons. The third kappa shape index (κ3) is 3.44. The first-order chi connectivity index (χ1) is 14.0. The number of rotatable bonds is 3. The monoisotopic (exact) mass is 438 g/mol. The fourth-order valence-corrected chi connectivity index (χ4v) is 8.23. The molecule has 0 spiro atoms. The van der Waals surface area contributed by atoms with Crippen molar-refractivity contribution in [1.29, 1.82) is 0 Å². The molecule has 0 bridgehead atoms. The lowest BCUT2D eigenvalue weighted by atomic mass is 9.43. The van der Waals surface area contributed by atoms with Gasteiger partial charge in [-0.1, -0.05) is 19.0 Å². The van der Waals surface area contributed by atoms with E-state index >= 15 is 0 Å². The van der Waals surface area contributed by atoms with Gasteiger partial charge >= 0.3 is 0 Å². The Labute approximate surface area is 187 Å². The van der Waals surface area contributed by atoms with Crippen molar-refractivity contribution in [3.8, 4) is 0 Å². The second-order valence-corrected chi connectivity index (χ2v) is 11.2. The molecule has 0 aromatic heterocycles. The SMILES string of the molecule is C[C@]12CCC(=NO[C@@H]3CCNC3)CC1[C@@H](CO)C[C@@H]1[C@@H]2CC[C@]2(C)C(=O)CC[C@@H]12.Cl. The maximum absolute atomic E-state index is 12.7. The first-order valence-corrected chi connectivity index (χ1v) is 12.0. The molecule has 4 aliphatic carbocycles. The van der Waals surface area contributed by atoms with Gasteiger partial charge in [0.15, 0.2) is 0 Å². The van der Waals surface area contributed by atoms with Crippen LogP contribution in [0.4, 0.5) is 0 Å². The summed E-state index contributed by atoms with van der Waals surface area (Å²) in [6.45, 7) is 6.93.